The van der Waals surface area contributed by atoms with Crippen molar-refractivity contribution in [2.24, 2.45) is 11.7 Å². The number of hydrogen-bond acceptors (Lipinski definition) is 6. The zero-order chi connectivity index (χ0) is 24.6. The molecule has 0 fully saturated rings. The van der Waals surface area contributed by atoms with Crippen LogP contribution in [0.15, 0.2) is 12.2 Å². The van der Waals surface area contributed by atoms with Crippen molar-refractivity contribution in [3.05, 3.63) is 12.2 Å². The number of nitrogens with two attached hydrogens (primary N) is 1. The summed E-state index contributed by atoms with van der Waals surface area (Å²) < 4.78 is 4.77. The van der Waals surface area contributed by atoms with Gasteiger partial charge in [0.05, 0.1) is 6.61 Å². The Morgan fingerprint density at radius 3 is 1.84 bits per heavy atom. The molecule has 0 spiro atoms. The van der Waals surface area contributed by atoms with Gasteiger partial charge in [-0.15, -0.1) is 0 Å². The fourth-order valence-electron chi connectivity index (χ4n) is 2.88. The zero-order valence-corrected chi connectivity index (χ0v) is 20.6. The molecule has 32 heavy (non-hydrogen) atoms. The van der Waals surface area contributed by atoms with Crippen molar-refractivity contribution in [3.63, 3.8) is 0 Å². The molecule has 0 aromatic heterocycles. The topological polar surface area (TPSA) is 130 Å². The van der Waals surface area contributed by atoms with Gasteiger partial charge in [-0.1, -0.05) is 97.5 Å². The molecular formula is C25H49NO6. The highest BCUT2D eigenvalue weighted by atomic mass is 16.5. The second-order valence-corrected chi connectivity index (χ2v) is 8.44. The summed E-state index contributed by atoms with van der Waals surface area (Å²) >= 11 is 0. The van der Waals surface area contributed by atoms with Crippen LogP contribution in [-0.2, 0) is 14.3 Å². The van der Waals surface area contributed by atoms with Crippen LogP contribution in [0.5, 0.6) is 0 Å². The molecule has 1 unspecified atom stereocenters. The van der Waals surface area contributed by atoms with Gasteiger partial charge >= 0.3 is 11.9 Å². The smallest absolute Gasteiger partial charge is 0.330 e. The molecular weight excluding hydrogens is 410 g/mol. The lowest BCUT2D eigenvalue weighted by molar-refractivity contribution is -0.141. The first-order chi connectivity index (χ1) is 15.3. The largest absolute Gasteiger partial charge is 0.480 e. The second-order valence-electron chi connectivity index (χ2n) is 8.44. The highest BCUT2D eigenvalue weighted by Crippen LogP contribution is 2.12. The van der Waals surface area contributed by atoms with Gasteiger partial charge in [0.15, 0.2) is 0 Å². The van der Waals surface area contributed by atoms with Gasteiger partial charge in [-0.05, 0) is 18.8 Å². The number of carbonyl (C=O) groups is 2. The summed E-state index contributed by atoms with van der Waals surface area (Å²) in [5.41, 5.74) is 5.27. The molecule has 0 aliphatic rings. The van der Waals surface area contributed by atoms with Crippen molar-refractivity contribution in [2.45, 2.75) is 116 Å². The van der Waals surface area contributed by atoms with Gasteiger partial charge in [0.25, 0.3) is 0 Å². The number of allylic oxidation sites excluding steroid dienone is 1. The number of unbranched alkanes of at least 4 members (excludes halogenated alkanes) is 11. The average Bonchev–Trinajstić information content (AvgIpc) is 2.79. The highest BCUT2D eigenvalue weighted by Gasteiger charge is 2.17. The van der Waals surface area contributed by atoms with Crippen molar-refractivity contribution in [1.82, 2.24) is 0 Å². The van der Waals surface area contributed by atoms with Gasteiger partial charge in [-0.2, -0.15) is 0 Å². The maximum Gasteiger partial charge on any atom is 0.330 e. The van der Waals surface area contributed by atoms with Crippen LogP contribution in [0.3, 0.4) is 0 Å². The number of carboxylic acids is 1. The number of esters is 1. The van der Waals surface area contributed by atoms with Crippen molar-refractivity contribution < 1.29 is 29.6 Å². The first-order valence-electron chi connectivity index (χ1n) is 12.4. The van der Waals surface area contributed by atoms with Crippen LogP contribution < -0.4 is 5.73 Å². The molecule has 0 aromatic carbocycles. The molecule has 5 N–H and O–H groups in total. The predicted molar refractivity (Wildman–Crippen MR) is 129 cm³/mol. The van der Waals surface area contributed by atoms with Crippen LogP contribution >= 0.6 is 0 Å². The van der Waals surface area contributed by atoms with Crippen molar-refractivity contribution in [2.75, 3.05) is 13.2 Å². The summed E-state index contributed by atoms with van der Waals surface area (Å²) in [6, 6.07) is -0.699. The summed E-state index contributed by atoms with van der Waals surface area (Å²) in [4.78, 5) is 21.4. The Balaban J connectivity index is 0. The van der Waals surface area contributed by atoms with E-state index in [0.29, 0.717) is 0 Å². The summed E-state index contributed by atoms with van der Waals surface area (Å²) in [5.74, 6) is -1.30. The highest BCUT2D eigenvalue weighted by molar-refractivity contribution is 5.81. The molecule has 7 heteroatoms. The third-order valence-corrected chi connectivity index (χ3v) is 5.40. The normalized spacial score (nSPS) is 13.8. The van der Waals surface area contributed by atoms with Crippen molar-refractivity contribution in [1.29, 1.82) is 0 Å². The van der Waals surface area contributed by atoms with E-state index in [1.807, 2.05) is 19.9 Å². The van der Waals surface area contributed by atoms with Crippen LogP contribution in [0.1, 0.15) is 104 Å². The van der Waals surface area contributed by atoms with E-state index < -0.39 is 30.7 Å². The standard InChI is InChI=1S/C19H36O4.C6H13NO2/c1-2-3-4-5-6-7-8-9-10-11-12-13-14-15-19(22)23-17-18(21)16-20;1-3-4(2)5(7)6(8)9/h14-15,18,20-21H,2-13,16-17H2,1H3;4-5H,3,7H2,1-2H3,(H,8,9)/t;4-,5-/m.0/s1. The van der Waals surface area contributed by atoms with Crippen molar-refractivity contribution >= 4 is 11.9 Å². The molecule has 0 bridgehead atoms. The molecule has 0 radical (unpaired) electrons. The summed E-state index contributed by atoms with van der Waals surface area (Å²) in [6.07, 6.45) is 18.4. The maximum absolute atomic E-state index is 11.3. The predicted octanol–water partition coefficient (Wildman–Crippen LogP) is 4.58. The van der Waals surface area contributed by atoms with Crippen LogP contribution in [0.4, 0.5) is 0 Å². The molecule has 0 aliphatic heterocycles. The Labute approximate surface area is 195 Å². The number of aliphatic hydroxyl groups is 2. The number of rotatable bonds is 19. The van der Waals surface area contributed by atoms with Gasteiger partial charge in [-0.25, -0.2) is 4.79 Å². The van der Waals surface area contributed by atoms with Crippen LogP contribution in [0.25, 0.3) is 0 Å². The number of hydrogen-bond donors (Lipinski definition) is 4. The quantitative estimate of drug-likeness (QED) is 0.126. The van der Waals surface area contributed by atoms with Crippen LogP contribution in [0.2, 0.25) is 0 Å². The van der Waals surface area contributed by atoms with Gasteiger partial charge in [-0.3, -0.25) is 4.79 Å². The lowest BCUT2D eigenvalue weighted by Crippen LogP contribution is -2.36. The zero-order valence-electron chi connectivity index (χ0n) is 20.6. The molecule has 0 amide bonds. The Morgan fingerprint density at radius 2 is 1.44 bits per heavy atom. The molecule has 0 heterocycles. The van der Waals surface area contributed by atoms with E-state index in [-0.39, 0.29) is 12.5 Å². The fourth-order valence-corrected chi connectivity index (χ4v) is 2.88. The lowest BCUT2D eigenvalue weighted by atomic mass is 10.0. The fraction of sp³-hybridized carbons (Fsp3) is 0.840. The van der Waals surface area contributed by atoms with E-state index in [0.717, 1.165) is 19.3 Å². The summed E-state index contributed by atoms with van der Waals surface area (Å²) in [7, 11) is 0. The molecule has 190 valence electrons. The first-order valence-corrected chi connectivity index (χ1v) is 12.4. The number of carboxylic acid groups (broad SMARTS) is 1. The van der Waals surface area contributed by atoms with Gasteiger partial charge in [0.2, 0.25) is 0 Å². The first kappa shape index (κ1) is 32.7. The minimum atomic E-state index is -0.987. The van der Waals surface area contributed by atoms with E-state index in [1.54, 1.807) is 0 Å². The number of aliphatic carboxylic acids is 1. The van der Waals surface area contributed by atoms with E-state index in [1.165, 1.54) is 70.3 Å². The minimum Gasteiger partial charge on any atom is -0.480 e. The molecule has 0 rings (SSSR count). The van der Waals surface area contributed by atoms with Gasteiger partial charge in [0, 0.05) is 6.08 Å². The average molecular weight is 460 g/mol. The van der Waals surface area contributed by atoms with Crippen LogP contribution in [0, 0.1) is 5.92 Å². The number of ether oxygens (including phenoxy) is 1. The van der Waals surface area contributed by atoms with E-state index in [9.17, 15) is 9.59 Å². The molecule has 0 aromatic rings. The lowest BCUT2D eigenvalue weighted by Gasteiger charge is -2.11. The Bertz CT molecular complexity index is 469. The molecule has 0 saturated heterocycles. The summed E-state index contributed by atoms with van der Waals surface area (Å²) in [6.45, 7) is 5.46. The number of aliphatic hydroxyl groups excluding tert-OH is 2. The van der Waals surface area contributed by atoms with Crippen molar-refractivity contribution in [3.8, 4) is 0 Å². The van der Waals surface area contributed by atoms with E-state index >= 15 is 0 Å². The third-order valence-electron chi connectivity index (χ3n) is 5.40. The van der Waals surface area contributed by atoms with Gasteiger partial charge in [0.1, 0.15) is 18.8 Å². The summed E-state index contributed by atoms with van der Waals surface area (Å²) in [5, 5.41) is 26.0. The molecule has 3 atom stereocenters. The van der Waals surface area contributed by atoms with E-state index in [2.05, 4.69) is 6.92 Å². The SMILES string of the molecule is CCCCCCCCCCCCCC=CC(=O)OCC(O)CO.CC[C@H](C)[C@H](N)C(=O)O. The Kier molecular flexibility index (Phi) is 24.8. The maximum atomic E-state index is 11.3. The molecule has 7 nitrogen and oxygen atoms in total. The number of carbonyl (C=O) groups excluding carboxylic acids is 1. The monoisotopic (exact) mass is 459 g/mol. The minimum absolute atomic E-state index is 0.0718. The molecule has 0 aliphatic carbocycles. The Morgan fingerprint density at radius 1 is 0.938 bits per heavy atom. The Hall–Kier alpha value is -1.44. The third kappa shape index (κ3) is 23.2. The van der Waals surface area contributed by atoms with Crippen LogP contribution in [-0.4, -0.2) is 52.6 Å². The second kappa shape index (κ2) is 24.2. The molecule has 0 saturated carbocycles. The van der Waals surface area contributed by atoms with Gasteiger partial charge < -0.3 is 25.8 Å². The van der Waals surface area contributed by atoms with E-state index in [4.69, 9.17) is 25.8 Å².